The highest BCUT2D eigenvalue weighted by molar-refractivity contribution is 4.77. The Morgan fingerprint density at radius 2 is 1.12 bits per heavy atom. The Morgan fingerprint density at radius 3 is 1.53 bits per heavy atom. The molecule has 2 fully saturated rings. The SMILES string of the molecule is C[C@@H]1CCCC[C@@H]1CNC[C@@H]1CCCC[C@@H]1C. The third-order valence-corrected chi connectivity index (χ3v) is 5.39. The zero-order valence-corrected chi connectivity index (χ0v) is 11.9. The van der Waals surface area contributed by atoms with Crippen LogP contribution in [0.4, 0.5) is 0 Å². The molecule has 0 radical (unpaired) electrons. The molecule has 0 aliphatic heterocycles. The smallest absolute Gasteiger partial charge is 0.00179 e. The molecule has 0 spiro atoms. The van der Waals surface area contributed by atoms with Gasteiger partial charge < -0.3 is 5.32 Å². The van der Waals surface area contributed by atoms with Crippen molar-refractivity contribution in [2.24, 2.45) is 23.7 Å². The Hall–Kier alpha value is -0.0400. The van der Waals surface area contributed by atoms with Crippen LogP contribution in [-0.4, -0.2) is 13.1 Å². The Balaban J connectivity index is 1.64. The van der Waals surface area contributed by atoms with Crippen molar-refractivity contribution in [1.82, 2.24) is 5.32 Å². The fraction of sp³-hybridized carbons (Fsp3) is 1.00. The van der Waals surface area contributed by atoms with Gasteiger partial charge in [0.05, 0.1) is 0 Å². The van der Waals surface area contributed by atoms with E-state index >= 15 is 0 Å². The maximum absolute atomic E-state index is 3.79. The molecule has 0 aromatic carbocycles. The maximum atomic E-state index is 3.79. The monoisotopic (exact) mass is 237 g/mol. The molecule has 0 amide bonds. The van der Waals surface area contributed by atoms with E-state index in [1.807, 2.05) is 0 Å². The Bertz CT molecular complexity index is 192. The first kappa shape index (κ1) is 13.4. The summed E-state index contributed by atoms with van der Waals surface area (Å²) in [7, 11) is 0. The standard InChI is InChI=1S/C16H31N/c1-13-7-3-5-9-15(13)11-17-12-16-10-6-4-8-14(16)2/h13-17H,3-12H2,1-2H3/t13-,14+,15-,16+. The second kappa shape index (κ2) is 6.78. The van der Waals surface area contributed by atoms with Gasteiger partial charge in [-0.3, -0.25) is 0 Å². The van der Waals surface area contributed by atoms with Gasteiger partial charge in [0.2, 0.25) is 0 Å². The van der Waals surface area contributed by atoms with Crippen molar-refractivity contribution < 1.29 is 0 Å². The van der Waals surface area contributed by atoms with Crippen molar-refractivity contribution in [3.05, 3.63) is 0 Å². The minimum Gasteiger partial charge on any atom is -0.316 e. The summed E-state index contributed by atoms with van der Waals surface area (Å²) in [6.45, 7) is 7.47. The second-order valence-electron chi connectivity index (χ2n) is 6.70. The predicted molar refractivity (Wildman–Crippen MR) is 75.1 cm³/mol. The van der Waals surface area contributed by atoms with E-state index in [1.54, 1.807) is 0 Å². The summed E-state index contributed by atoms with van der Waals surface area (Å²) in [6, 6.07) is 0. The highest BCUT2D eigenvalue weighted by Gasteiger charge is 2.23. The van der Waals surface area contributed by atoms with Gasteiger partial charge in [0, 0.05) is 0 Å². The lowest BCUT2D eigenvalue weighted by molar-refractivity contribution is 0.217. The van der Waals surface area contributed by atoms with Crippen LogP contribution in [0.2, 0.25) is 0 Å². The van der Waals surface area contributed by atoms with Crippen LogP contribution >= 0.6 is 0 Å². The van der Waals surface area contributed by atoms with E-state index < -0.39 is 0 Å². The van der Waals surface area contributed by atoms with Crippen molar-refractivity contribution in [2.45, 2.75) is 65.2 Å². The van der Waals surface area contributed by atoms with Crippen LogP contribution in [0.3, 0.4) is 0 Å². The molecule has 2 aliphatic rings. The molecule has 100 valence electrons. The number of hydrogen-bond acceptors (Lipinski definition) is 1. The van der Waals surface area contributed by atoms with Crippen molar-refractivity contribution >= 4 is 0 Å². The molecular formula is C16H31N. The highest BCUT2D eigenvalue weighted by Crippen LogP contribution is 2.30. The first-order chi connectivity index (χ1) is 8.27. The van der Waals surface area contributed by atoms with E-state index in [4.69, 9.17) is 0 Å². The molecule has 2 saturated carbocycles. The van der Waals surface area contributed by atoms with Crippen molar-refractivity contribution in [1.29, 1.82) is 0 Å². The summed E-state index contributed by atoms with van der Waals surface area (Å²) >= 11 is 0. The predicted octanol–water partition coefficient (Wildman–Crippen LogP) is 4.23. The van der Waals surface area contributed by atoms with Gasteiger partial charge in [-0.1, -0.05) is 52.4 Å². The molecule has 17 heavy (non-hydrogen) atoms. The van der Waals surface area contributed by atoms with Gasteiger partial charge >= 0.3 is 0 Å². The van der Waals surface area contributed by atoms with Crippen molar-refractivity contribution in [3.63, 3.8) is 0 Å². The molecule has 0 heterocycles. The van der Waals surface area contributed by atoms with Crippen LogP contribution in [-0.2, 0) is 0 Å². The fourth-order valence-corrected chi connectivity index (χ4v) is 3.85. The summed E-state index contributed by atoms with van der Waals surface area (Å²) in [5.41, 5.74) is 0. The van der Waals surface area contributed by atoms with Gasteiger partial charge in [-0.25, -0.2) is 0 Å². The fourth-order valence-electron chi connectivity index (χ4n) is 3.85. The molecule has 0 saturated heterocycles. The first-order valence-corrected chi connectivity index (χ1v) is 7.98. The minimum absolute atomic E-state index is 0.958. The maximum Gasteiger partial charge on any atom is -0.00179 e. The zero-order chi connectivity index (χ0) is 12.1. The normalized spacial score (nSPS) is 39.2. The lowest BCUT2D eigenvalue weighted by Gasteiger charge is -2.32. The van der Waals surface area contributed by atoms with Gasteiger partial charge in [-0.15, -0.1) is 0 Å². The molecule has 1 nitrogen and oxygen atoms in total. The van der Waals surface area contributed by atoms with Gasteiger partial charge in [0.25, 0.3) is 0 Å². The van der Waals surface area contributed by atoms with E-state index in [2.05, 4.69) is 19.2 Å². The molecule has 0 aromatic heterocycles. The third-order valence-electron chi connectivity index (χ3n) is 5.39. The molecule has 2 rings (SSSR count). The molecule has 4 atom stereocenters. The molecule has 0 bridgehead atoms. The quantitative estimate of drug-likeness (QED) is 0.771. The average Bonchev–Trinajstić information content (AvgIpc) is 2.34. The highest BCUT2D eigenvalue weighted by atomic mass is 14.9. The molecule has 0 aromatic rings. The van der Waals surface area contributed by atoms with Crippen molar-refractivity contribution in [2.75, 3.05) is 13.1 Å². The van der Waals surface area contributed by atoms with E-state index in [0.29, 0.717) is 0 Å². The summed E-state index contributed by atoms with van der Waals surface area (Å²) in [6.07, 6.45) is 11.7. The Kier molecular flexibility index (Phi) is 5.34. The number of hydrogen-bond donors (Lipinski definition) is 1. The van der Waals surface area contributed by atoms with Crippen LogP contribution in [0.1, 0.15) is 65.2 Å². The summed E-state index contributed by atoms with van der Waals surface area (Å²) in [5.74, 6) is 3.84. The molecule has 2 aliphatic carbocycles. The van der Waals surface area contributed by atoms with Gasteiger partial charge in [-0.05, 0) is 49.6 Å². The van der Waals surface area contributed by atoms with E-state index in [-0.39, 0.29) is 0 Å². The first-order valence-electron chi connectivity index (χ1n) is 7.98. The van der Waals surface area contributed by atoms with Gasteiger partial charge in [-0.2, -0.15) is 0 Å². The molecular weight excluding hydrogens is 206 g/mol. The largest absolute Gasteiger partial charge is 0.316 e. The van der Waals surface area contributed by atoms with Crippen LogP contribution in [0.25, 0.3) is 0 Å². The van der Waals surface area contributed by atoms with Crippen LogP contribution in [0.5, 0.6) is 0 Å². The third kappa shape index (κ3) is 3.98. The molecule has 1 N–H and O–H groups in total. The van der Waals surface area contributed by atoms with Gasteiger partial charge in [0.1, 0.15) is 0 Å². The topological polar surface area (TPSA) is 12.0 Å². The Labute approximate surface area is 108 Å². The number of nitrogens with one attached hydrogen (secondary N) is 1. The molecule has 1 heteroatoms. The van der Waals surface area contributed by atoms with Gasteiger partial charge in [0.15, 0.2) is 0 Å². The van der Waals surface area contributed by atoms with E-state index in [1.165, 1.54) is 64.5 Å². The van der Waals surface area contributed by atoms with Crippen LogP contribution < -0.4 is 5.32 Å². The summed E-state index contributed by atoms with van der Waals surface area (Å²) in [5, 5.41) is 3.79. The van der Waals surface area contributed by atoms with Crippen molar-refractivity contribution in [3.8, 4) is 0 Å². The summed E-state index contributed by atoms with van der Waals surface area (Å²) in [4.78, 5) is 0. The lowest BCUT2D eigenvalue weighted by Crippen LogP contribution is -2.35. The van der Waals surface area contributed by atoms with E-state index in [0.717, 1.165) is 23.7 Å². The second-order valence-corrected chi connectivity index (χ2v) is 6.70. The van der Waals surface area contributed by atoms with E-state index in [9.17, 15) is 0 Å². The average molecular weight is 237 g/mol. The number of rotatable bonds is 4. The summed E-state index contributed by atoms with van der Waals surface area (Å²) < 4.78 is 0. The van der Waals surface area contributed by atoms with Crippen LogP contribution in [0.15, 0.2) is 0 Å². The van der Waals surface area contributed by atoms with Crippen LogP contribution in [0, 0.1) is 23.7 Å². The Morgan fingerprint density at radius 1 is 0.706 bits per heavy atom. The minimum atomic E-state index is 0.958. The lowest BCUT2D eigenvalue weighted by atomic mass is 9.79. The zero-order valence-electron chi connectivity index (χ0n) is 11.9. The molecule has 0 unspecified atom stereocenters.